The van der Waals surface area contributed by atoms with Gasteiger partial charge in [-0.3, -0.25) is 0 Å². The minimum absolute atomic E-state index is 0.586. The summed E-state index contributed by atoms with van der Waals surface area (Å²) in [7, 11) is 0. The number of thioether (sulfide) groups is 1. The summed E-state index contributed by atoms with van der Waals surface area (Å²) in [6.45, 7) is 1.27. The van der Waals surface area contributed by atoms with Gasteiger partial charge in [0.1, 0.15) is 5.75 Å². The summed E-state index contributed by atoms with van der Waals surface area (Å²) < 4.78 is 6.73. The summed E-state index contributed by atoms with van der Waals surface area (Å²) in [5, 5.41) is 0. The molecule has 0 atom stereocenters. The first kappa shape index (κ1) is 14.4. The van der Waals surface area contributed by atoms with Gasteiger partial charge in [0, 0.05) is 21.7 Å². The number of hydrogen-bond acceptors (Lipinski definition) is 3. The lowest BCUT2D eigenvalue weighted by atomic mass is 10.2. The highest BCUT2D eigenvalue weighted by atomic mass is 79.9. The normalized spacial score (nSPS) is 10.4. The Balaban J connectivity index is 1.77. The second kappa shape index (κ2) is 7.58. The number of halogens is 1. The highest BCUT2D eigenvalue weighted by Gasteiger charge is 1.98. The summed E-state index contributed by atoms with van der Waals surface area (Å²) >= 11 is 5.21. The van der Waals surface area contributed by atoms with E-state index in [0.717, 1.165) is 21.5 Å². The summed E-state index contributed by atoms with van der Waals surface area (Å²) in [5.74, 6) is 1.81. The fraction of sp³-hybridized carbons (Fsp3) is 0.200. The van der Waals surface area contributed by atoms with Crippen LogP contribution < -0.4 is 10.5 Å². The number of hydrogen-bond donors (Lipinski definition) is 1. The zero-order chi connectivity index (χ0) is 13.5. The molecule has 0 heterocycles. The summed E-state index contributed by atoms with van der Waals surface area (Å²) in [6.07, 6.45) is 0. The molecule has 0 aliphatic rings. The van der Waals surface area contributed by atoms with Crippen LogP contribution in [0.25, 0.3) is 0 Å². The van der Waals surface area contributed by atoms with Crippen LogP contribution in [0.2, 0.25) is 0 Å². The van der Waals surface area contributed by atoms with Gasteiger partial charge in [-0.15, -0.1) is 11.8 Å². The number of nitrogens with two attached hydrogens (primary N) is 1. The molecule has 0 saturated carbocycles. The van der Waals surface area contributed by atoms with E-state index >= 15 is 0 Å². The molecular weight excluding hydrogens is 322 g/mol. The Kier molecular flexibility index (Phi) is 5.76. The molecule has 19 heavy (non-hydrogen) atoms. The van der Waals surface area contributed by atoms with Crippen LogP contribution in [0.15, 0.2) is 57.9 Å². The van der Waals surface area contributed by atoms with E-state index in [-0.39, 0.29) is 0 Å². The lowest BCUT2D eigenvalue weighted by Crippen LogP contribution is -2.00. The van der Waals surface area contributed by atoms with Crippen LogP contribution in [0, 0.1) is 0 Å². The largest absolute Gasteiger partial charge is 0.493 e. The van der Waals surface area contributed by atoms with Gasteiger partial charge in [-0.1, -0.05) is 34.1 Å². The molecule has 0 unspecified atom stereocenters. The maximum absolute atomic E-state index is 5.69. The van der Waals surface area contributed by atoms with E-state index < -0.39 is 0 Å². The average Bonchev–Trinajstić information content (AvgIpc) is 2.44. The topological polar surface area (TPSA) is 35.2 Å². The molecule has 2 aromatic carbocycles. The van der Waals surface area contributed by atoms with Crippen LogP contribution >= 0.6 is 27.7 Å². The molecule has 0 aromatic heterocycles. The van der Waals surface area contributed by atoms with E-state index in [0.29, 0.717) is 13.2 Å². The first-order chi connectivity index (χ1) is 9.28. The number of ether oxygens (including phenoxy) is 1. The molecular formula is C15H16BrNOS. The maximum atomic E-state index is 5.69. The fourth-order valence-electron chi connectivity index (χ4n) is 1.64. The third kappa shape index (κ3) is 4.90. The van der Waals surface area contributed by atoms with E-state index in [4.69, 9.17) is 10.5 Å². The second-order valence-corrected chi connectivity index (χ2v) is 6.09. The van der Waals surface area contributed by atoms with Crippen LogP contribution in [0.1, 0.15) is 5.56 Å². The molecule has 0 aliphatic carbocycles. The van der Waals surface area contributed by atoms with Crippen LogP contribution in [0.5, 0.6) is 5.75 Å². The van der Waals surface area contributed by atoms with E-state index in [1.165, 1.54) is 4.90 Å². The zero-order valence-electron chi connectivity index (χ0n) is 10.5. The van der Waals surface area contributed by atoms with Gasteiger partial charge in [-0.25, -0.2) is 0 Å². The smallest absolute Gasteiger partial charge is 0.120 e. The predicted octanol–water partition coefficient (Wildman–Crippen LogP) is 4.08. The molecule has 0 aliphatic heterocycles. The van der Waals surface area contributed by atoms with Crippen LogP contribution in [-0.4, -0.2) is 12.4 Å². The molecule has 2 aromatic rings. The van der Waals surface area contributed by atoms with Gasteiger partial charge < -0.3 is 10.5 Å². The van der Waals surface area contributed by atoms with Crippen LogP contribution in [-0.2, 0) is 6.54 Å². The first-order valence-electron chi connectivity index (χ1n) is 6.08. The zero-order valence-corrected chi connectivity index (χ0v) is 12.9. The SMILES string of the molecule is NCc1cccc(SCCOc2cccc(Br)c2)c1. The van der Waals surface area contributed by atoms with Crippen molar-refractivity contribution in [3.05, 3.63) is 58.6 Å². The molecule has 100 valence electrons. The van der Waals surface area contributed by atoms with E-state index in [2.05, 4.69) is 28.1 Å². The van der Waals surface area contributed by atoms with Gasteiger partial charge in [0.25, 0.3) is 0 Å². The van der Waals surface area contributed by atoms with Crippen molar-refractivity contribution in [1.82, 2.24) is 0 Å². The van der Waals surface area contributed by atoms with E-state index in [1.54, 1.807) is 11.8 Å². The van der Waals surface area contributed by atoms with Gasteiger partial charge >= 0.3 is 0 Å². The van der Waals surface area contributed by atoms with E-state index in [9.17, 15) is 0 Å². The Labute approximate surface area is 126 Å². The van der Waals surface area contributed by atoms with Gasteiger partial charge in [0.15, 0.2) is 0 Å². The predicted molar refractivity (Wildman–Crippen MR) is 84.7 cm³/mol. The van der Waals surface area contributed by atoms with Crippen molar-refractivity contribution < 1.29 is 4.74 Å². The van der Waals surface area contributed by atoms with E-state index in [1.807, 2.05) is 36.4 Å². The monoisotopic (exact) mass is 337 g/mol. The number of rotatable bonds is 6. The molecule has 0 amide bonds. The average molecular weight is 338 g/mol. The van der Waals surface area contributed by atoms with Gasteiger partial charge in [0.05, 0.1) is 6.61 Å². The fourth-order valence-corrected chi connectivity index (χ4v) is 2.83. The molecule has 0 spiro atoms. The molecule has 0 bridgehead atoms. The quantitative estimate of drug-likeness (QED) is 0.637. The van der Waals surface area contributed by atoms with Crippen molar-refractivity contribution in [1.29, 1.82) is 0 Å². The Bertz CT molecular complexity index is 533. The van der Waals surface area contributed by atoms with Crippen molar-refractivity contribution in [2.75, 3.05) is 12.4 Å². The van der Waals surface area contributed by atoms with Crippen molar-refractivity contribution >= 4 is 27.7 Å². The lowest BCUT2D eigenvalue weighted by Gasteiger charge is -2.07. The molecule has 0 radical (unpaired) electrons. The Morgan fingerprint density at radius 1 is 1.11 bits per heavy atom. The highest BCUT2D eigenvalue weighted by Crippen LogP contribution is 2.21. The lowest BCUT2D eigenvalue weighted by molar-refractivity contribution is 0.344. The number of benzene rings is 2. The third-order valence-corrected chi connectivity index (χ3v) is 4.00. The molecule has 0 fully saturated rings. The molecule has 2 N–H and O–H groups in total. The summed E-state index contributed by atoms with van der Waals surface area (Å²) in [6, 6.07) is 16.2. The second-order valence-electron chi connectivity index (χ2n) is 4.01. The van der Waals surface area contributed by atoms with Crippen LogP contribution in [0.3, 0.4) is 0 Å². The summed E-state index contributed by atoms with van der Waals surface area (Å²) in [4.78, 5) is 1.24. The van der Waals surface area contributed by atoms with Crippen molar-refractivity contribution in [2.24, 2.45) is 5.73 Å². The standard InChI is InChI=1S/C15H16BrNOS/c16-13-4-2-5-14(10-13)18-7-8-19-15-6-1-3-12(9-15)11-17/h1-6,9-10H,7-8,11,17H2. The van der Waals surface area contributed by atoms with Crippen molar-refractivity contribution in [2.45, 2.75) is 11.4 Å². The minimum Gasteiger partial charge on any atom is -0.493 e. The first-order valence-corrected chi connectivity index (χ1v) is 7.86. The third-order valence-electron chi connectivity index (χ3n) is 2.55. The Morgan fingerprint density at radius 3 is 2.74 bits per heavy atom. The van der Waals surface area contributed by atoms with Gasteiger partial charge in [0.2, 0.25) is 0 Å². The maximum Gasteiger partial charge on any atom is 0.120 e. The van der Waals surface area contributed by atoms with Crippen LogP contribution in [0.4, 0.5) is 0 Å². The molecule has 4 heteroatoms. The van der Waals surface area contributed by atoms with Crippen molar-refractivity contribution in [3.63, 3.8) is 0 Å². The highest BCUT2D eigenvalue weighted by molar-refractivity contribution is 9.10. The summed E-state index contributed by atoms with van der Waals surface area (Å²) in [5.41, 5.74) is 6.79. The Morgan fingerprint density at radius 2 is 1.95 bits per heavy atom. The van der Waals surface area contributed by atoms with Crippen molar-refractivity contribution in [3.8, 4) is 5.75 Å². The Hall–Kier alpha value is -0.970. The van der Waals surface area contributed by atoms with Gasteiger partial charge in [-0.05, 0) is 35.9 Å². The molecule has 2 nitrogen and oxygen atoms in total. The molecule has 0 saturated heterocycles. The minimum atomic E-state index is 0.586. The molecule has 2 rings (SSSR count). The van der Waals surface area contributed by atoms with Gasteiger partial charge in [-0.2, -0.15) is 0 Å².